The van der Waals surface area contributed by atoms with Crippen LogP contribution < -0.4 is 0 Å². The maximum Gasteiger partial charge on any atom is 0.0670 e. The third-order valence-electron chi connectivity index (χ3n) is 3.09. The van der Waals surface area contributed by atoms with E-state index in [0.717, 1.165) is 0 Å². The van der Waals surface area contributed by atoms with Gasteiger partial charge in [-0.15, -0.1) is 0 Å². The molecule has 0 aliphatic rings. The van der Waals surface area contributed by atoms with Crippen LogP contribution in [0.4, 0.5) is 0 Å². The Morgan fingerprint density at radius 3 is 1.45 bits per heavy atom. The van der Waals surface area contributed by atoms with Crippen LogP contribution in [-0.4, -0.2) is 10.7 Å². The molecule has 11 heavy (non-hydrogen) atoms. The molecule has 0 amide bonds. The summed E-state index contributed by atoms with van der Waals surface area (Å²) in [4.78, 5) is 0. The molecule has 0 aliphatic carbocycles. The van der Waals surface area contributed by atoms with Gasteiger partial charge in [0.15, 0.2) is 0 Å². The van der Waals surface area contributed by atoms with E-state index in [4.69, 9.17) is 0 Å². The maximum atomic E-state index is 10.0. The van der Waals surface area contributed by atoms with Crippen LogP contribution in [0.2, 0.25) is 0 Å². The average Bonchev–Trinajstić information content (AvgIpc) is 1.85. The quantitative estimate of drug-likeness (QED) is 0.669. The molecule has 2 atom stereocenters. The maximum absolute atomic E-state index is 10.0. The van der Waals surface area contributed by atoms with E-state index in [1.807, 2.05) is 6.92 Å². The highest BCUT2D eigenvalue weighted by Gasteiger charge is 2.33. The van der Waals surface area contributed by atoms with E-state index in [-0.39, 0.29) is 0 Å². The zero-order valence-corrected chi connectivity index (χ0v) is 8.68. The van der Waals surface area contributed by atoms with E-state index in [0.29, 0.717) is 17.8 Å². The third kappa shape index (κ3) is 2.48. The fourth-order valence-electron chi connectivity index (χ4n) is 1.20. The molecule has 0 aromatic carbocycles. The summed E-state index contributed by atoms with van der Waals surface area (Å²) in [5.74, 6) is 1.25. The second-order valence-electron chi connectivity index (χ2n) is 4.41. The predicted octanol–water partition coefficient (Wildman–Crippen LogP) is 2.69. The molecular weight excluding hydrogens is 136 g/mol. The van der Waals surface area contributed by atoms with E-state index >= 15 is 0 Å². The molecule has 0 fully saturated rings. The molecule has 0 aliphatic heterocycles. The summed E-state index contributed by atoms with van der Waals surface area (Å²) in [6, 6.07) is 0. The van der Waals surface area contributed by atoms with Gasteiger partial charge in [0, 0.05) is 0 Å². The van der Waals surface area contributed by atoms with Crippen molar-refractivity contribution in [2.24, 2.45) is 17.8 Å². The second-order valence-corrected chi connectivity index (χ2v) is 4.41. The van der Waals surface area contributed by atoms with Crippen molar-refractivity contribution in [2.75, 3.05) is 0 Å². The van der Waals surface area contributed by atoms with Crippen molar-refractivity contribution in [1.82, 2.24) is 0 Å². The van der Waals surface area contributed by atoms with E-state index in [1.54, 1.807) is 0 Å². The first kappa shape index (κ1) is 11.0. The summed E-state index contributed by atoms with van der Waals surface area (Å²) in [5, 5.41) is 10.0. The molecule has 1 nitrogen and oxygen atoms in total. The highest BCUT2D eigenvalue weighted by atomic mass is 16.3. The molecule has 0 rings (SSSR count). The van der Waals surface area contributed by atoms with Gasteiger partial charge in [0.1, 0.15) is 0 Å². The van der Waals surface area contributed by atoms with Crippen molar-refractivity contribution in [3.05, 3.63) is 0 Å². The first-order chi connectivity index (χ1) is 4.80. The van der Waals surface area contributed by atoms with Gasteiger partial charge in [0.05, 0.1) is 5.60 Å². The van der Waals surface area contributed by atoms with Crippen molar-refractivity contribution in [3.63, 3.8) is 0 Å². The highest BCUT2D eigenvalue weighted by molar-refractivity contribution is 4.83. The van der Waals surface area contributed by atoms with Crippen LogP contribution >= 0.6 is 0 Å². The fraction of sp³-hybridized carbons (Fsp3) is 1.00. The average molecular weight is 158 g/mol. The van der Waals surface area contributed by atoms with Gasteiger partial charge in [-0.1, -0.05) is 34.6 Å². The van der Waals surface area contributed by atoms with Crippen LogP contribution in [0.25, 0.3) is 0 Å². The van der Waals surface area contributed by atoms with Gasteiger partial charge in [-0.25, -0.2) is 0 Å². The summed E-state index contributed by atoms with van der Waals surface area (Å²) >= 11 is 0. The van der Waals surface area contributed by atoms with Gasteiger partial charge in [0.25, 0.3) is 0 Å². The molecule has 1 heteroatoms. The van der Waals surface area contributed by atoms with Gasteiger partial charge in [0.2, 0.25) is 0 Å². The Balaban J connectivity index is 4.29. The van der Waals surface area contributed by atoms with Crippen molar-refractivity contribution >= 4 is 0 Å². The van der Waals surface area contributed by atoms with Crippen molar-refractivity contribution < 1.29 is 5.11 Å². The van der Waals surface area contributed by atoms with Crippen molar-refractivity contribution in [3.8, 4) is 0 Å². The molecule has 0 unspecified atom stereocenters. The lowest BCUT2D eigenvalue weighted by Crippen LogP contribution is -2.40. The lowest BCUT2D eigenvalue weighted by molar-refractivity contribution is -0.0512. The van der Waals surface area contributed by atoms with Gasteiger partial charge in [-0.2, -0.15) is 0 Å². The SMILES string of the molecule is CC(C)[C@@H](C)[C@@](C)(O)C(C)C. The van der Waals surface area contributed by atoms with Crippen LogP contribution in [0, 0.1) is 17.8 Å². The Labute approximate surface area is 70.8 Å². The highest BCUT2D eigenvalue weighted by Crippen LogP contribution is 2.30. The molecule has 0 heterocycles. The first-order valence-corrected chi connectivity index (χ1v) is 4.52. The number of hydrogen-bond donors (Lipinski definition) is 1. The summed E-state index contributed by atoms with van der Waals surface area (Å²) in [5.41, 5.74) is -0.520. The van der Waals surface area contributed by atoms with E-state index < -0.39 is 5.60 Å². The summed E-state index contributed by atoms with van der Waals surface area (Å²) in [6.07, 6.45) is 0. The molecule has 0 aromatic rings. The van der Waals surface area contributed by atoms with Gasteiger partial charge in [-0.05, 0) is 24.7 Å². The molecule has 0 bridgehead atoms. The van der Waals surface area contributed by atoms with Crippen LogP contribution in [-0.2, 0) is 0 Å². The van der Waals surface area contributed by atoms with E-state index in [1.165, 1.54) is 0 Å². The summed E-state index contributed by atoms with van der Waals surface area (Å²) in [6.45, 7) is 12.5. The molecular formula is C10H22O. The van der Waals surface area contributed by atoms with Crippen molar-refractivity contribution in [2.45, 2.75) is 47.1 Å². The Hall–Kier alpha value is -0.0400. The van der Waals surface area contributed by atoms with Crippen LogP contribution in [0.3, 0.4) is 0 Å². The van der Waals surface area contributed by atoms with Crippen LogP contribution in [0.5, 0.6) is 0 Å². The fourth-order valence-corrected chi connectivity index (χ4v) is 1.20. The summed E-state index contributed by atoms with van der Waals surface area (Å²) in [7, 11) is 0. The summed E-state index contributed by atoms with van der Waals surface area (Å²) < 4.78 is 0. The third-order valence-corrected chi connectivity index (χ3v) is 3.09. The van der Waals surface area contributed by atoms with E-state index in [2.05, 4.69) is 34.6 Å². The lowest BCUT2D eigenvalue weighted by atomic mass is 9.76. The Morgan fingerprint density at radius 1 is 1.00 bits per heavy atom. The number of hydrogen-bond acceptors (Lipinski definition) is 1. The second kappa shape index (κ2) is 3.57. The number of aliphatic hydroxyl groups is 1. The van der Waals surface area contributed by atoms with Crippen molar-refractivity contribution in [1.29, 1.82) is 0 Å². The molecule has 0 spiro atoms. The topological polar surface area (TPSA) is 20.2 Å². The largest absolute Gasteiger partial charge is 0.390 e. The first-order valence-electron chi connectivity index (χ1n) is 4.52. The standard InChI is InChI=1S/C10H22O/c1-7(2)9(5)10(6,11)8(3)4/h7-9,11H,1-6H3/t9-,10+/m1/s1. The number of rotatable bonds is 3. The lowest BCUT2D eigenvalue weighted by Gasteiger charge is -2.36. The predicted molar refractivity (Wildman–Crippen MR) is 49.5 cm³/mol. The van der Waals surface area contributed by atoms with Gasteiger partial charge >= 0.3 is 0 Å². The minimum Gasteiger partial charge on any atom is -0.390 e. The minimum atomic E-state index is -0.520. The molecule has 0 saturated carbocycles. The molecule has 0 aromatic heterocycles. The van der Waals surface area contributed by atoms with Crippen LogP contribution in [0.15, 0.2) is 0 Å². The molecule has 0 radical (unpaired) electrons. The normalized spacial score (nSPS) is 20.5. The van der Waals surface area contributed by atoms with Gasteiger partial charge in [-0.3, -0.25) is 0 Å². The zero-order valence-electron chi connectivity index (χ0n) is 8.68. The Morgan fingerprint density at radius 2 is 1.36 bits per heavy atom. The Kier molecular flexibility index (Phi) is 3.56. The van der Waals surface area contributed by atoms with Crippen LogP contribution in [0.1, 0.15) is 41.5 Å². The Bertz CT molecular complexity index is 114. The zero-order chi connectivity index (χ0) is 9.23. The molecule has 0 saturated heterocycles. The molecule has 68 valence electrons. The monoisotopic (exact) mass is 158 g/mol. The smallest absolute Gasteiger partial charge is 0.0670 e. The van der Waals surface area contributed by atoms with Gasteiger partial charge < -0.3 is 5.11 Å². The molecule has 1 N–H and O–H groups in total. The minimum absolute atomic E-state index is 0.333. The van der Waals surface area contributed by atoms with E-state index in [9.17, 15) is 5.11 Å².